The van der Waals surface area contributed by atoms with Gasteiger partial charge in [-0.2, -0.15) is 0 Å². The Morgan fingerprint density at radius 1 is 1.32 bits per heavy atom. The Morgan fingerprint density at radius 3 is 2.50 bits per heavy atom. The van der Waals surface area contributed by atoms with Crippen LogP contribution in [0, 0.1) is 0 Å². The normalized spacial score (nSPS) is 13.4. The standard InChI is InChI=1S/C13H19N2O3.3CH3.Sn/c1-10(15-12(16)18-13(2,3)4)9-17-11-6-5-7-14-8-11;;;;/h6-8,10H,9H2,1-4H3,(H,15,16);3*1H3;/t10-;;;;/m0..../s1. The topological polar surface area (TPSA) is 60.5 Å². The number of pyridine rings is 1. The second-order valence-corrected chi connectivity index (χ2v) is 22.0. The van der Waals surface area contributed by atoms with Crippen molar-refractivity contribution in [2.75, 3.05) is 6.61 Å². The van der Waals surface area contributed by atoms with Crippen molar-refractivity contribution < 1.29 is 14.3 Å². The van der Waals surface area contributed by atoms with Crippen LogP contribution in [0.2, 0.25) is 14.8 Å². The summed E-state index contributed by atoms with van der Waals surface area (Å²) in [6.07, 6.45) is 3.22. The summed E-state index contributed by atoms with van der Waals surface area (Å²) in [5.41, 5.74) is -0.497. The van der Waals surface area contributed by atoms with E-state index in [1.54, 1.807) is 6.20 Å². The van der Waals surface area contributed by atoms with Gasteiger partial charge in [0.15, 0.2) is 0 Å². The van der Waals surface area contributed by atoms with Crippen molar-refractivity contribution in [1.82, 2.24) is 10.3 Å². The number of hydrogen-bond donors (Lipinski definition) is 1. The van der Waals surface area contributed by atoms with Crippen LogP contribution in [0.5, 0.6) is 5.75 Å². The summed E-state index contributed by atoms with van der Waals surface area (Å²) >= 11 is -2.14. The molecule has 1 N–H and O–H groups in total. The van der Waals surface area contributed by atoms with Gasteiger partial charge in [0, 0.05) is 0 Å². The van der Waals surface area contributed by atoms with E-state index in [1.165, 1.54) is 3.58 Å². The van der Waals surface area contributed by atoms with Crippen LogP contribution in [0.15, 0.2) is 18.5 Å². The molecule has 0 saturated carbocycles. The van der Waals surface area contributed by atoms with Crippen LogP contribution >= 0.6 is 0 Å². The molecule has 124 valence electrons. The molecule has 1 aromatic heterocycles. The summed E-state index contributed by atoms with van der Waals surface area (Å²) in [7, 11) is 0. The summed E-state index contributed by atoms with van der Waals surface area (Å²) in [4.78, 5) is 22.9. The maximum atomic E-state index is 11.7. The number of ether oxygens (including phenoxy) is 2. The maximum absolute atomic E-state index is 11.7. The van der Waals surface area contributed by atoms with Gasteiger partial charge >= 0.3 is 138 Å². The third-order valence-corrected chi connectivity index (χ3v) is 8.57. The molecule has 5 nitrogen and oxygen atoms in total. The van der Waals surface area contributed by atoms with Crippen molar-refractivity contribution in [2.45, 2.75) is 54.2 Å². The van der Waals surface area contributed by atoms with Crippen molar-refractivity contribution in [3.05, 3.63) is 18.5 Å². The van der Waals surface area contributed by atoms with Gasteiger partial charge in [-0.15, -0.1) is 0 Å². The van der Waals surface area contributed by atoms with Crippen LogP contribution in [0.3, 0.4) is 0 Å². The molecular formula is C16H28N2O3Sn. The van der Waals surface area contributed by atoms with Crippen LogP contribution in [0.4, 0.5) is 4.79 Å². The monoisotopic (exact) mass is 416 g/mol. The number of carbonyl (C=O) groups excluding carboxylic acids is 1. The second-order valence-electron chi connectivity index (χ2n) is 7.52. The van der Waals surface area contributed by atoms with Gasteiger partial charge in [-0.1, -0.05) is 0 Å². The summed E-state index contributed by atoms with van der Waals surface area (Å²) in [5.74, 6) is 0.752. The average Bonchev–Trinajstić information content (AvgIpc) is 2.33. The summed E-state index contributed by atoms with van der Waals surface area (Å²) < 4.78 is 12.3. The molecule has 1 heterocycles. The molecule has 0 saturated heterocycles. The van der Waals surface area contributed by atoms with E-state index in [-0.39, 0.29) is 6.04 Å². The molecule has 0 aliphatic carbocycles. The van der Waals surface area contributed by atoms with E-state index in [4.69, 9.17) is 9.47 Å². The fourth-order valence-electron chi connectivity index (χ4n) is 1.68. The number of aromatic nitrogens is 1. The van der Waals surface area contributed by atoms with Gasteiger partial charge in [0.25, 0.3) is 0 Å². The average molecular weight is 415 g/mol. The second kappa shape index (κ2) is 7.53. The fraction of sp³-hybridized carbons (Fsp3) is 0.625. The number of alkyl carbamates (subject to hydrolysis) is 1. The van der Waals surface area contributed by atoms with E-state index < -0.39 is 30.1 Å². The summed E-state index contributed by atoms with van der Waals surface area (Å²) in [6, 6.07) is 1.93. The van der Waals surface area contributed by atoms with E-state index in [0.717, 1.165) is 5.75 Å². The van der Waals surface area contributed by atoms with Gasteiger partial charge in [-0.3, -0.25) is 0 Å². The van der Waals surface area contributed by atoms with Crippen molar-refractivity contribution >= 4 is 28.0 Å². The van der Waals surface area contributed by atoms with Crippen LogP contribution in [0.1, 0.15) is 27.7 Å². The van der Waals surface area contributed by atoms with Crippen LogP contribution in [0.25, 0.3) is 0 Å². The van der Waals surface area contributed by atoms with Crippen molar-refractivity contribution in [2.24, 2.45) is 0 Å². The van der Waals surface area contributed by atoms with Crippen LogP contribution < -0.4 is 13.6 Å². The van der Waals surface area contributed by atoms with Crippen molar-refractivity contribution in [1.29, 1.82) is 0 Å². The Balaban J connectivity index is 2.51. The molecule has 6 heteroatoms. The number of carbonyl (C=O) groups is 1. The van der Waals surface area contributed by atoms with E-state index in [2.05, 4.69) is 31.2 Å². The zero-order valence-electron chi connectivity index (χ0n) is 14.7. The molecule has 0 unspecified atom stereocenters. The molecule has 1 amide bonds. The Kier molecular flexibility index (Phi) is 6.52. The van der Waals surface area contributed by atoms with Crippen LogP contribution in [-0.4, -0.2) is 47.7 Å². The summed E-state index contributed by atoms with van der Waals surface area (Å²) in [5, 5.41) is 2.76. The third-order valence-electron chi connectivity index (χ3n) is 2.84. The number of nitrogens with one attached hydrogen (secondary N) is 1. The number of rotatable bonds is 5. The number of nitrogens with zero attached hydrogens (tertiary/aromatic N) is 1. The zero-order valence-corrected chi connectivity index (χ0v) is 17.5. The molecule has 22 heavy (non-hydrogen) atoms. The summed E-state index contributed by atoms with van der Waals surface area (Å²) in [6.45, 7) is 7.77. The van der Waals surface area contributed by atoms with Gasteiger partial charge in [-0.05, 0) is 0 Å². The predicted octanol–water partition coefficient (Wildman–Crippen LogP) is 2.92. The fourth-order valence-corrected chi connectivity index (χ4v) is 4.64. The first-order valence-electron chi connectivity index (χ1n) is 7.55. The Labute approximate surface area is 137 Å². The number of hydrogen-bond acceptors (Lipinski definition) is 4. The Morgan fingerprint density at radius 2 is 1.95 bits per heavy atom. The van der Waals surface area contributed by atoms with Gasteiger partial charge in [0.05, 0.1) is 0 Å². The van der Waals surface area contributed by atoms with Gasteiger partial charge < -0.3 is 0 Å². The third kappa shape index (κ3) is 7.33. The zero-order chi connectivity index (χ0) is 17.0. The first-order chi connectivity index (χ1) is 9.97. The molecule has 0 radical (unpaired) electrons. The Hall–Kier alpha value is -0.981. The molecule has 1 atom stereocenters. The molecular weight excluding hydrogens is 387 g/mol. The van der Waals surface area contributed by atoms with Crippen LogP contribution in [-0.2, 0) is 4.74 Å². The van der Waals surface area contributed by atoms with Gasteiger partial charge in [-0.25, -0.2) is 0 Å². The van der Waals surface area contributed by atoms with E-state index in [9.17, 15) is 4.79 Å². The molecule has 0 spiro atoms. The number of amides is 1. The molecule has 0 aromatic carbocycles. The van der Waals surface area contributed by atoms with E-state index >= 15 is 0 Å². The minimum atomic E-state index is -2.14. The quantitative estimate of drug-likeness (QED) is 0.752. The van der Waals surface area contributed by atoms with Gasteiger partial charge in [0.2, 0.25) is 0 Å². The molecule has 1 aromatic rings. The van der Waals surface area contributed by atoms with Gasteiger partial charge in [0.1, 0.15) is 0 Å². The van der Waals surface area contributed by atoms with E-state index in [1.807, 2.05) is 33.9 Å². The molecule has 0 aliphatic heterocycles. The molecule has 0 aliphatic rings. The molecule has 0 bridgehead atoms. The van der Waals surface area contributed by atoms with Crippen molar-refractivity contribution in [3.8, 4) is 5.75 Å². The van der Waals surface area contributed by atoms with E-state index in [0.29, 0.717) is 6.61 Å². The Bertz CT molecular complexity index is 507. The SMILES string of the molecule is C[C@@H](COc1cnc[c]([Sn]([CH3])([CH3])[CH3])c1)NC(=O)OC(C)(C)C. The van der Waals surface area contributed by atoms with Crippen molar-refractivity contribution in [3.63, 3.8) is 0 Å². The molecule has 0 fully saturated rings. The first kappa shape index (κ1) is 19.1. The molecule has 1 rings (SSSR count). The minimum absolute atomic E-state index is 0.142. The predicted molar refractivity (Wildman–Crippen MR) is 91.5 cm³/mol. The first-order valence-corrected chi connectivity index (χ1v) is 17.5.